The minimum atomic E-state index is -0.811. The Morgan fingerprint density at radius 2 is 1.86 bits per heavy atom. The van der Waals surface area contributed by atoms with Gasteiger partial charge in [-0.3, -0.25) is 19.3 Å². The Labute approximate surface area is 174 Å². The van der Waals surface area contributed by atoms with Gasteiger partial charge in [0.15, 0.2) is 5.13 Å². The summed E-state index contributed by atoms with van der Waals surface area (Å²) in [7, 11) is 0. The number of hydrogen-bond donors (Lipinski definition) is 1. The highest BCUT2D eigenvalue weighted by Crippen LogP contribution is 2.37. The molecule has 1 aliphatic carbocycles. The third-order valence-corrected chi connectivity index (χ3v) is 6.64. The number of fused-ring (bicyclic) bond motifs is 2. The fourth-order valence-corrected chi connectivity index (χ4v) is 5.18. The van der Waals surface area contributed by atoms with Gasteiger partial charge >= 0.3 is 0 Å². The molecule has 2 heterocycles. The molecule has 2 aliphatic rings. The lowest BCUT2D eigenvalue weighted by Gasteiger charge is -2.26. The Morgan fingerprint density at radius 3 is 2.45 bits per heavy atom. The Hall–Kier alpha value is -2.54. The highest BCUT2D eigenvalue weighted by Gasteiger charge is 2.51. The number of thiazole rings is 1. The summed E-state index contributed by atoms with van der Waals surface area (Å²) in [5.41, 5.74) is 1.90. The molecule has 3 atom stereocenters. The summed E-state index contributed by atoms with van der Waals surface area (Å²) in [5.74, 6) is -1.29. The second kappa shape index (κ2) is 7.71. The third kappa shape index (κ3) is 3.59. The van der Waals surface area contributed by atoms with Crippen LogP contribution in [0.1, 0.15) is 38.7 Å². The van der Waals surface area contributed by atoms with Gasteiger partial charge in [0.2, 0.25) is 17.7 Å². The lowest BCUT2D eigenvalue weighted by Crippen LogP contribution is -2.48. The van der Waals surface area contributed by atoms with Gasteiger partial charge < -0.3 is 5.32 Å². The van der Waals surface area contributed by atoms with E-state index in [2.05, 4.69) is 10.3 Å². The molecule has 0 bridgehead atoms. The molecular formula is C22H25N3O3S. The maximum Gasteiger partial charge on any atom is 0.249 e. The van der Waals surface area contributed by atoms with Gasteiger partial charge in [0.25, 0.3) is 0 Å². The summed E-state index contributed by atoms with van der Waals surface area (Å²) < 4.78 is 0.992. The van der Waals surface area contributed by atoms with E-state index < -0.39 is 6.04 Å². The highest BCUT2D eigenvalue weighted by atomic mass is 32.1. The van der Waals surface area contributed by atoms with Crippen LogP contribution in [0.2, 0.25) is 0 Å². The van der Waals surface area contributed by atoms with Crippen molar-refractivity contribution < 1.29 is 14.4 Å². The number of nitrogens with one attached hydrogen (secondary N) is 1. The molecule has 1 aromatic carbocycles. The van der Waals surface area contributed by atoms with Crippen molar-refractivity contribution in [1.82, 2.24) is 9.88 Å². The molecule has 4 rings (SSSR count). The number of likely N-dealkylation sites (tertiary alicyclic amines) is 1. The fraction of sp³-hybridized carbons (Fsp3) is 0.455. The van der Waals surface area contributed by atoms with Gasteiger partial charge in [-0.15, -0.1) is 0 Å². The molecule has 152 valence electrons. The zero-order valence-electron chi connectivity index (χ0n) is 16.8. The van der Waals surface area contributed by atoms with Crippen LogP contribution in [-0.4, -0.2) is 33.6 Å². The Bertz CT molecular complexity index is 984. The van der Waals surface area contributed by atoms with Crippen molar-refractivity contribution in [2.24, 2.45) is 17.8 Å². The number of hydrogen-bond acceptors (Lipinski definition) is 5. The number of carbonyl (C=O) groups is 3. The number of aryl methyl sites for hydroxylation is 1. The molecule has 7 heteroatoms. The molecule has 0 saturated carbocycles. The van der Waals surface area contributed by atoms with Crippen LogP contribution in [0.15, 0.2) is 30.4 Å². The number of benzene rings is 1. The van der Waals surface area contributed by atoms with E-state index in [1.165, 1.54) is 16.2 Å². The van der Waals surface area contributed by atoms with E-state index in [9.17, 15) is 14.4 Å². The van der Waals surface area contributed by atoms with E-state index in [0.717, 1.165) is 15.8 Å². The topological polar surface area (TPSA) is 79.4 Å². The highest BCUT2D eigenvalue weighted by molar-refractivity contribution is 7.22. The molecule has 1 N–H and O–H groups in total. The fourth-order valence-electron chi connectivity index (χ4n) is 4.24. The number of allylic oxidation sites excluding steroid dienone is 2. The molecule has 1 aliphatic heterocycles. The third-order valence-electron chi connectivity index (χ3n) is 5.70. The van der Waals surface area contributed by atoms with Gasteiger partial charge in [-0.2, -0.15) is 0 Å². The van der Waals surface area contributed by atoms with Crippen molar-refractivity contribution in [2.45, 2.75) is 46.1 Å². The first-order chi connectivity index (χ1) is 13.9. The molecule has 1 aromatic heterocycles. The first kappa shape index (κ1) is 19.8. The molecule has 1 fully saturated rings. The molecule has 0 spiro atoms. The summed E-state index contributed by atoms with van der Waals surface area (Å²) in [5, 5.41) is 3.36. The van der Waals surface area contributed by atoms with E-state index in [4.69, 9.17) is 0 Å². The zero-order valence-corrected chi connectivity index (χ0v) is 17.7. The quantitative estimate of drug-likeness (QED) is 0.598. The predicted molar refractivity (Wildman–Crippen MR) is 113 cm³/mol. The molecule has 29 heavy (non-hydrogen) atoms. The van der Waals surface area contributed by atoms with Crippen molar-refractivity contribution in [3.63, 3.8) is 0 Å². The van der Waals surface area contributed by atoms with E-state index in [1.54, 1.807) is 0 Å². The monoisotopic (exact) mass is 411 g/mol. The Morgan fingerprint density at radius 1 is 1.21 bits per heavy atom. The summed E-state index contributed by atoms with van der Waals surface area (Å²) in [6.45, 7) is 5.95. The van der Waals surface area contributed by atoms with Gasteiger partial charge in [0.1, 0.15) is 6.04 Å². The van der Waals surface area contributed by atoms with Gasteiger partial charge in [-0.1, -0.05) is 49.5 Å². The molecule has 2 aromatic rings. The second-order valence-corrected chi connectivity index (χ2v) is 9.31. The summed E-state index contributed by atoms with van der Waals surface area (Å²) in [4.78, 5) is 44.9. The SMILES string of the molecule is Cc1cccc2sc(NC(=O)[C@@H](CC(C)C)N3C(=O)[C@H]4CC=CC[C@H]4C3=O)nc12. The summed E-state index contributed by atoms with van der Waals surface area (Å²) >= 11 is 1.40. The largest absolute Gasteiger partial charge is 0.300 e. The first-order valence-electron chi connectivity index (χ1n) is 10.1. The van der Waals surface area contributed by atoms with Crippen LogP contribution in [0.4, 0.5) is 5.13 Å². The number of aromatic nitrogens is 1. The zero-order chi connectivity index (χ0) is 20.7. The molecule has 0 unspecified atom stereocenters. The number of carbonyl (C=O) groups excluding carboxylic acids is 3. The van der Waals surface area contributed by atoms with Crippen LogP contribution >= 0.6 is 11.3 Å². The lowest BCUT2D eigenvalue weighted by molar-refractivity contribution is -0.147. The minimum absolute atomic E-state index is 0.157. The van der Waals surface area contributed by atoms with Crippen LogP contribution < -0.4 is 5.32 Å². The number of nitrogens with zero attached hydrogens (tertiary/aromatic N) is 2. The Balaban J connectivity index is 1.60. The van der Waals surface area contributed by atoms with Crippen LogP contribution in [0.3, 0.4) is 0 Å². The standard InChI is InChI=1S/C22H25N3O3S/c1-12(2)11-16(25-20(27)14-8-4-5-9-15(14)21(25)28)19(26)24-22-23-18-13(3)7-6-10-17(18)29-22/h4-7,10,12,14-16H,8-9,11H2,1-3H3,(H,23,24,26)/t14-,15+,16-/m1/s1. The van der Waals surface area contributed by atoms with Gasteiger partial charge in [-0.25, -0.2) is 4.98 Å². The van der Waals surface area contributed by atoms with E-state index in [1.807, 2.05) is 51.1 Å². The molecule has 6 nitrogen and oxygen atoms in total. The molecule has 1 saturated heterocycles. The minimum Gasteiger partial charge on any atom is -0.300 e. The summed E-state index contributed by atoms with van der Waals surface area (Å²) in [6.07, 6.45) is 5.48. The van der Waals surface area contributed by atoms with Crippen molar-refractivity contribution in [3.8, 4) is 0 Å². The number of rotatable bonds is 5. The smallest absolute Gasteiger partial charge is 0.249 e. The maximum absolute atomic E-state index is 13.2. The Kier molecular flexibility index (Phi) is 5.25. The maximum atomic E-state index is 13.2. The van der Waals surface area contributed by atoms with Gasteiger partial charge in [0, 0.05) is 0 Å². The average Bonchev–Trinajstić information content (AvgIpc) is 3.20. The van der Waals surface area contributed by atoms with E-state index in [-0.39, 0.29) is 35.5 Å². The molecular weight excluding hydrogens is 386 g/mol. The van der Waals surface area contributed by atoms with Gasteiger partial charge in [-0.05, 0) is 43.7 Å². The van der Waals surface area contributed by atoms with Crippen LogP contribution in [0.25, 0.3) is 10.2 Å². The van der Waals surface area contributed by atoms with Crippen molar-refractivity contribution in [2.75, 3.05) is 5.32 Å². The number of amides is 3. The van der Waals surface area contributed by atoms with E-state index in [0.29, 0.717) is 24.4 Å². The van der Waals surface area contributed by atoms with Crippen molar-refractivity contribution in [3.05, 3.63) is 35.9 Å². The van der Waals surface area contributed by atoms with E-state index >= 15 is 0 Å². The van der Waals surface area contributed by atoms with Crippen LogP contribution in [0, 0.1) is 24.7 Å². The second-order valence-electron chi connectivity index (χ2n) is 8.28. The van der Waals surface area contributed by atoms with Gasteiger partial charge in [0.05, 0.1) is 22.1 Å². The molecule has 0 radical (unpaired) electrons. The predicted octanol–water partition coefficient (Wildman–Crippen LogP) is 3.91. The number of anilines is 1. The van der Waals surface area contributed by atoms with Crippen LogP contribution in [-0.2, 0) is 14.4 Å². The number of imide groups is 1. The van der Waals surface area contributed by atoms with Crippen molar-refractivity contribution in [1.29, 1.82) is 0 Å². The number of para-hydroxylation sites is 1. The first-order valence-corrected chi connectivity index (χ1v) is 10.9. The van der Waals surface area contributed by atoms with Crippen LogP contribution in [0.5, 0.6) is 0 Å². The molecule has 3 amide bonds. The normalized spacial score (nSPS) is 22.4. The lowest BCUT2D eigenvalue weighted by atomic mass is 9.85. The van der Waals surface area contributed by atoms with Crippen molar-refractivity contribution >= 4 is 44.4 Å². The summed E-state index contributed by atoms with van der Waals surface area (Å²) in [6, 6.07) is 5.09. The average molecular weight is 412 g/mol.